The van der Waals surface area contributed by atoms with Gasteiger partial charge in [-0.2, -0.15) is 0 Å². The first-order valence-corrected chi connectivity index (χ1v) is 30.3. The number of carbonyl (C=O) groups is 4. The van der Waals surface area contributed by atoms with E-state index in [-0.39, 0.29) is 25.9 Å². The van der Waals surface area contributed by atoms with E-state index in [1.807, 2.05) is 12.2 Å². The molecule has 0 aromatic heterocycles. The van der Waals surface area contributed by atoms with Crippen molar-refractivity contribution in [3.8, 4) is 0 Å². The minimum atomic E-state index is -1.91. The molecule has 12 nitrogen and oxygen atoms in total. The highest BCUT2D eigenvalue weighted by atomic mass is 16.7. The fraction of sp³-hybridized carbons (Fsp3) is 0.778. The molecule has 0 aromatic carbocycles. The Morgan fingerprint density at radius 3 is 1.23 bits per heavy atom. The van der Waals surface area contributed by atoms with Gasteiger partial charge in [-0.15, -0.1) is 0 Å². The highest BCUT2D eigenvalue weighted by Crippen LogP contribution is 2.26. The van der Waals surface area contributed by atoms with Gasteiger partial charge in [0.05, 0.1) is 13.0 Å². The number of carboxylic acid groups (broad SMARTS) is 1. The molecule has 0 spiro atoms. The number of aliphatic carboxylic acids is 1. The summed E-state index contributed by atoms with van der Waals surface area (Å²) in [5, 5.41) is 31.5. The van der Waals surface area contributed by atoms with Gasteiger partial charge in [0.2, 0.25) is 0 Å². The highest BCUT2D eigenvalue weighted by Gasteiger charge is 2.50. The Kier molecular flexibility index (Phi) is 47.4. The Hall–Kier alpha value is -3.58. The minimum absolute atomic E-state index is 0.0122. The van der Waals surface area contributed by atoms with Gasteiger partial charge in [-0.3, -0.25) is 14.4 Å². The second-order valence-electron chi connectivity index (χ2n) is 20.6. The number of hydrogen-bond acceptors (Lipinski definition) is 11. The van der Waals surface area contributed by atoms with Crippen molar-refractivity contribution in [1.82, 2.24) is 0 Å². The number of esters is 3. The lowest BCUT2D eigenvalue weighted by Gasteiger charge is -2.40. The first-order chi connectivity index (χ1) is 36.6. The van der Waals surface area contributed by atoms with Crippen LogP contribution in [0.2, 0.25) is 0 Å². The molecule has 1 fully saturated rings. The van der Waals surface area contributed by atoms with Gasteiger partial charge in [0, 0.05) is 12.8 Å². The molecule has 432 valence electrons. The predicted molar refractivity (Wildman–Crippen MR) is 303 cm³/mol. The van der Waals surface area contributed by atoms with Gasteiger partial charge in [-0.05, 0) is 44.9 Å². The standard InChI is InChI=1S/C63H108O12/c1-4-7-10-13-16-19-22-25-28-31-34-37-40-43-46-49-55(64)71-52-54(73-56(65)50-47-44-41-38-35-32-29-26-23-20-17-14-11-8-5-2)53-72-63-61(59(68)58(67)60(75-63)62(69)70)74-57(66)51-48-45-42-39-36-33-30-27-24-21-18-15-12-9-6-3/h7,10,16,19,25,28,34,37,43,46,54,58-61,63,67-68H,4-6,8-9,11-15,17-18,20-24,26-27,29-33,35-36,38-42,44-45,47-53H2,1-3H3,(H,69,70)/b10-7-,19-16-,28-25-,37-34-,46-43-. The number of unbranched alkanes of at least 4 members (excludes halogenated alkanes) is 28. The number of aliphatic hydroxyl groups excluding tert-OH is 2. The third-order valence-electron chi connectivity index (χ3n) is 13.6. The smallest absolute Gasteiger partial charge is 0.335 e. The third-order valence-corrected chi connectivity index (χ3v) is 13.6. The fourth-order valence-corrected chi connectivity index (χ4v) is 9.03. The van der Waals surface area contributed by atoms with Crippen LogP contribution in [0.15, 0.2) is 60.8 Å². The molecule has 0 bridgehead atoms. The topological polar surface area (TPSA) is 175 Å². The van der Waals surface area contributed by atoms with E-state index in [0.717, 1.165) is 70.6 Å². The van der Waals surface area contributed by atoms with Crippen LogP contribution in [-0.2, 0) is 42.9 Å². The molecule has 0 saturated carbocycles. The quantitative estimate of drug-likeness (QED) is 0.0228. The molecular weight excluding hydrogens is 949 g/mol. The summed E-state index contributed by atoms with van der Waals surface area (Å²) in [6.45, 7) is 5.81. The summed E-state index contributed by atoms with van der Waals surface area (Å²) in [4.78, 5) is 51.1. The van der Waals surface area contributed by atoms with E-state index in [1.54, 1.807) is 6.08 Å². The van der Waals surface area contributed by atoms with Gasteiger partial charge in [-0.1, -0.05) is 261 Å². The normalized spacial score (nSPS) is 18.5. The summed E-state index contributed by atoms with van der Waals surface area (Å²) in [7, 11) is 0. The van der Waals surface area contributed by atoms with Gasteiger partial charge in [-0.25, -0.2) is 4.79 Å². The number of allylic oxidation sites excluding steroid dienone is 9. The molecular formula is C63H108O12. The van der Waals surface area contributed by atoms with Crippen LogP contribution in [0.25, 0.3) is 0 Å². The maximum Gasteiger partial charge on any atom is 0.335 e. The van der Waals surface area contributed by atoms with E-state index in [0.29, 0.717) is 19.3 Å². The van der Waals surface area contributed by atoms with Crippen LogP contribution < -0.4 is 0 Å². The molecule has 6 atom stereocenters. The van der Waals surface area contributed by atoms with Gasteiger partial charge in [0.1, 0.15) is 18.8 Å². The molecule has 1 aliphatic rings. The zero-order chi connectivity index (χ0) is 54.7. The second kappa shape index (κ2) is 51.2. The summed E-state index contributed by atoms with van der Waals surface area (Å²) < 4.78 is 28.3. The van der Waals surface area contributed by atoms with E-state index >= 15 is 0 Å². The Morgan fingerprint density at radius 2 is 0.827 bits per heavy atom. The lowest BCUT2D eigenvalue weighted by molar-refractivity contribution is -0.301. The molecule has 12 heteroatoms. The number of rotatable bonds is 51. The minimum Gasteiger partial charge on any atom is -0.479 e. The van der Waals surface area contributed by atoms with Crippen LogP contribution in [0.1, 0.15) is 265 Å². The first-order valence-electron chi connectivity index (χ1n) is 30.3. The van der Waals surface area contributed by atoms with Gasteiger partial charge >= 0.3 is 23.9 Å². The number of carboxylic acids is 1. The van der Waals surface area contributed by atoms with Crippen LogP contribution in [0.4, 0.5) is 0 Å². The van der Waals surface area contributed by atoms with Crippen molar-refractivity contribution in [2.75, 3.05) is 13.2 Å². The number of carbonyl (C=O) groups excluding carboxylic acids is 3. The van der Waals surface area contributed by atoms with E-state index < -0.39 is 67.3 Å². The molecule has 0 radical (unpaired) electrons. The predicted octanol–water partition coefficient (Wildman–Crippen LogP) is 15.6. The molecule has 0 amide bonds. The van der Waals surface area contributed by atoms with Crippen molar-refractivity contribution in [3.63, 3.8) is 0 Å². The zero-order valence-corrected chi connectivity index (χ0v) is 47.5. The average Bonchev–Trinajstić information content (AvgIpc) is 3.39. The zero-order valence-electron chi connectivity index (χ0n) is 47.5. The number of hydrogen-bond donors (Lipinski definition) is 3. The lowest BCUT2D eigenvalue weighted by atomic mass is 9.98. The third kappa shape index (κ3) is 41.2. The fourth-order valence-electron chi connectivity index (χ4n) is 9.03. The molecule has 75 heavy (non-hydrogen) atoms. The van der Waals surface area contributed by atoms with Gasteiger partial charge in [0.25, 0.3) is 0 Å². The number of ether oxygens (including phenoxy) is 5. The highest BCUT2D eigenvalue weighted by molar-refractivity contribution is 5.74. The molecule has 1 heterocycles. The summed E-state index contributed by atoms with van der Waals surface area (Å²) in [5.41, 5.74) is 0. The average molecular weight is 1060 g/mol. The summed E-state index contributed by atoms with van der Waals surface area (Å²) in [6, 6.07) is 0. The van der Waals surface area contributed by atoms with Crippen molar-refractivity contribution >= 4 is 23.9 Å². The van der Waals surface area contributed by atoms with Crippen LogP contribution in [0, 0.1) is 0 Å². The summed E-state index contributed by atoms with van der Waals surface area (Å²) in [5.74, 6) is -3.26. The summed E-state index contributed by atoms with van der Waals surface area (Å²) >= 11 is 0. The second-order valence-corrected chi connectivity index (χ2v) is 20.6. The van der Waals surface area contributed by atoms with Crippen LogP contribution >= 0.6 is 0 Å². The molecule has 0 aliphatic carbocycles. The van der Waals surface area contributed by atoms with Crippen molar-refractivity contribution in [2.24, 2.45) is 0 Å². The largest absolute Gasteiger partial charge is 0.479 e. The molecule has 3 N–H and O–H groups in total. The molecule has 1 aliphatic heterocycles. The Bertz CT molecular complexity index is 1540. The van der Waals surface area contributed by atoms with Gasteiger partial charge in [0.15, 0.2) is 24.6 Å². The maximum atomic E-state index is 13.1. The van der Waals surface area contributed by atoms with Crippen molar-refractivity contribution in [2.45, 2.75) is 302 Å². The maximum absolute atomic E-state index is 13.1. The summed E-state index contributed by atoms with van der Waals surface area (Å²) in [6.07, 6.45) is 50.7. The van der Waals surface area contributed by atoms with Gasteiger partial charge < -0.3 is 39.0 Å². The molecule has 6 unspecified atom stereocenters. The lowest BCUT2D eigenvalue weighted by Crippen LogP contribution is -2.61. The number of aliphatic hydroxyl groups is 2. The Balaban J connectivity index is 2.73. The van der Waals surface area contributed by atoms with Crippen molar-refractivity contribution in [1.29, 1.82) is 0 Å². The Morgan fingerprint density at radius 1 is 0.453 bits per heavy atom. The van der Waals surface area contributed by atoms with E-state index in [4.69, 9.17) is 23.7 Å². The van der Waals surface area contributed by atoms with Crippen molar-refractivity contribution in [3.05, 3.63) is 60.8 Å². The first kappa shape index (κ1) is 69.4. The molecule has 1 rings (SSSR count). The van der Waals surface area contributed by atoms with Crippen LogP contribution in [-0.4, -0.2) is 89.2 Å². The molecule has 0 aromatic rings. The molecule has 1 saturated heterocycles. The van der Waals surface area contributed by atoms with E-state index in [9.17, 15) is 34.5 Å². The van der Waals surface area contributed by atoms with E-state index in [1.165, 1.54) is 135 Å². The van der Waals surface area contributed by atoms with Crippen LogP contribution in [0.3, 0.4) is 0 Å². The van der Waals surface area contributed by atoms with Crippen molar-refractivity contribution < 1.29 is 58.2 Å². The van der Waals surface area contributed by atoms with Crippen LogP contribution in [0.5, 0.6) is 0 Å². The SMILES string of the molecule is CC/C=C\C/C=C\C/C=C\C/C=C\C/C=C\CC(=O)OCC(COC1OC(C(=O)O)C(O)C(O)C1OC(=O)CCCCCCCCCCCCCCCCC)OC(=O)CCCCCCCCCCCCCCCCC. The Labute approximate surface area is 456 Å². The monoisotopic (exact) mass is 1060 g/mol. The van der Waals surface area contributed by atoms with E-state index in [2.05, 4.69) is 63.3 Å².